The maximum absolute atomic E-state index is 12.9. The van der Waals surface area contributed by atoms with Gasteiger partial charge in [-0.2, -0.15) is 15.0 Å². The molecular weight excluding hydrogens is 394 g/mol. The molecule has 2 aromatic carbocycles. The third-order valence-electron chi connectivity index (χ3n) is 5.78. The van der Waals surface area contributed by atoms with Gasteiger partial charge in [0.25, 0.3) is 5.91 Å². The highest BCUT2D eigenvalue weighted by atomic mass is 16.2. The van der Waals surface area contributed by atoms with Gasteiger partial charge in [0.2, 0.25) is 11.8 Å². The molecule has 1 N–H and O–H groups in total. The molecule has 0 saturated carbocycles. The van der Waals surface area contributed by atoms with Gasteiger partial charge >= 0.3 is 0 Å². The number of hydrogen-bond donors (Lipinski definition) is 1. The quantitative estimate of drug-likeness (QED) is 0.660. The Morgan fingerprint density at radius 1 is 1.00 bits per heavy atom. The van der Waals surface area contributed by atoms with Crippen LogP contribution in [0.15, 0.2) is 48.5 Å². The van der Waals surface area contributed by atoms with Crippen molar-refractivity contribution in [2.45, 2.75) is 38.9 Å². The number of amides is 3. The Kier molecular flexibility index (Phi) is 4.62. The van der Waals surface area contributed by atoms with Crippen LogP contribution < -0.4 is 5.32 Å². The van der Waals surface area contributed by atoms with Gasteiger partial charge in [-0.25, -0.2) is 0 Å². The summed E-state index contributed by atoms with van der Waals surface area (Å²) in [7, 11) is 0. The van der Waals surface area contributed by atoms with Crippen molar-refractivity contribution in [2.75, 3.05) is 0 Å². The van der Waals surface area contributed by atoms with E-state index in [1.54, 1.807) is 15.8 Å². The van der Waals surface area contributed by atoms with Crippen LogP contribution in [0.4, 0.5) is 0 Å². The van der Waals surface area contributed by atoms with Gasteiger partial charge in [-0.3, -0.25) is 19.7 Å². The van der Waals surface area contributed by atoms with Crippen molar-refractivity contribution in [1.29, 1.82) is 0 Å². The first kappa shape index (κ1) is 19.2. The van der Waals surface area contributed by atoms with E-state index in [0.717, 1.165) is 28.1 Å². The number of hydrogen-bond acceptors (Lipinski definition) is 5. The molecule has 1 atom stereocenters. The van der Waals surface area contributed by atoms with Gasteiger partial charge in [0, 0.05) is 29.7 Å². The van der Waals surface area contributed by atoms with Crippen LogP contribution in [0, 0.1) is 0 Å². The van der Waals surface area contributed by atoms with E-state index in [9.17, 15) is 14.4 Å². The highest BCUT2D eigenvalue weighted by Crippen LogP contribution is 2.34. The number of aromatic nitrogens is 3. The third-order valence-corrected chi connectivity index (χ3v) is 5.78. The molecule has 5 rings (SSSR count). The van der Waals surface area contributed by atoms with Gasteiger partial charge in [0.1, 0.15) is 17.4 Å². The molecule has 31 heavy (non-hydrogen) atoms. The number of fused-ring (bicyclic) bond motifs is 1. The molecule has 1 saturated heterocycles. The number of carbonyl (C=O) groups excluding carboxylic acids is 3. The highest BCUT2D eigenvalue weighted by molar-refractivity contribution is 6.05. The van der Waals surface area contributed by atoms with Gasteiger partial charge in [-0.05, 0) is 31.0 Å². The number of carbonyl (C=O) groups is 3. The lowest BCUT2D eigenvalue weighted by atomic mass is 10.0. The zero-order chi connectivity index (χ0) is 21.5. The molecule has 1 aromatic heterocycles. The van der Waals surface area contributed by atoms with Gasteiger partial charge in [0.05, 0.1) is 6.54 Å². The first-order valence-electron chi connectivity index (χ1n) is 10.3. The number of rotatable bonds is 4. The van der Waals surface area contributed by atoms with Gasteiger partial charge in [-0.15, -0.1) is 0 Å². The van der Waals surface area contributed by atoms with Crippen LogP contribution in [-0.2, 0) is 22.7 Å². The van der Waals surface area contributed by atoms with Crippen molar-refractivity contribution in [3.05, 3.63) is 59.7 Å². The fraction of sp³-hybridized carbons (Fsp3) is 0.261. The number of aryl methyl sites for hydroxylation is 1. The Labute approximate surface area is 178 Å². The van der Waals surface area contributed by atoms with Crippen LogP contribution in [0.1, 0.15) is 35.7 Å². The lowest BCUT2D eigenvalue weighted by molar-refractivity contribution is -0.136. The fourth-order valence-corrected chi connectivity index (χ4v) is 4.20. The second-order valence-electron chi connectivity index (χ2n) is 7.72. The zero-order valence-electron chi connectivity index (χ0n) is 17.0. The molecule has 2 aliphatic rings. The molecule has 3 heterocycles. The van der Waals surface area contributed by atoms with Crippen molar-refractivity contribution in [3.63, 3.8) is 0 Å². The summed E-state index contributed by atoms with van der Waals surface area (Å²) in [5, 5.41) is 11.6. The molecule has 8 heteroatoms. The molecular formula is C23H21N5O3. The minimum atomic E-state index is -0.623. The number of benzene rings is 2. The van der Waals surface area contributed by atoms with Gasteiger partial charge in [-0.1, -0.05) is 36.4 Å². The summed E-state index contributed by atoms with van der Waals surface area (Å²) in [4.78, 5) is 39.9. The molecule has 8 nitrogen and oxygen atoms in total. The number of imide groups is 1. The van der Waals surface area contributed by atoms with Crippen molar-refractivity contribution >= 4 is 17.7 Å². The maximum atomic E-state index is 12.9. The smallest absolute Gasteiger partial charge is 0.255 e. The van der Waals surface area contributed by atoms with Crippen molar-refractivity contribution in [2.24, 2.45) is 0 Å². The molecule has 3 amide bonds. The van der Waals surface area contributed by atoms with E-state index in [1.165, 1.54) is 0 Å². The van der Waals surface area contributed by atoms with E-state index < -0.39 is 11.9 Å². The van der Waals surface area contributed by atoms with Crippen LogP contribution in [0.3, 0.4) is 0 Å². The topological polar surface area (TPSA) is 97.2 Å². The lowest BCUT2D eigenvalue weighted by Crippen LogP contribution is -2.52. The predicted molar refractivity (Wildman–Crippen MR) is 113 cm³/mol. The molecule has 3 aromatic rings. The second-order valence-corrected chi connectivity index (χ2v) is 7.72. The average molecular weight is 415 g/mol. The van der Waals surface area contributed by atoms with Crippen molar-refractivity contribution < 1.29 is 14.4 Å². The van der Waals surface area contributed by atoms with Crippen LogP contribution in [-0.4, -0.2) is 43.7 Å². The summed E-state index contributed by atoms with van der Waals surface area (Å²) in [6, 6.07) is 14.9. The lowest BCUT2D eigenvalue weighted by Gasteiger charge is -2.29. The third kappa shape index (κ3) is 3.30. The summed E-state index contributed by atoms with van der Waals surface area (Å²) in [5.74, 6) is -0.883. The Hall–Kier alpha value is -3.81. The SMILES string of the molecule is CCn1nc(-c2ccccc2)c(-c2ccc3c(c2)CN(C2CCC(=O)NC2=O)C3=O)n1. The van der Waals surface area contributed by atoms with Crippen molar-refractivity contribution in [3.8, 4) is 22.5 Å². The summed E-state index contributed by atoms with van der Waals surface area (Å²) in [6.07, 6.45) is 0.586. The molecule has 1 fully saturated rings. The first-order valence-corrected chi connectivity index (χ1v) is 10.3. The largest absolute Gasteiger partial charge is 0.322 e. The molecule has 0 bridgehead atoms. The molecule has 0 spiro atoms. The first-order chi connectivity index (χ1) is 15.0. The van der Waals surface area contributed by atoms with Crippen LogP contribution in [0.5, 0.6) is 0 Å². The molecule has 2 aliphatic heterocycles. The predicted octanol–water partition coefficient (Wildman–Crippen LogP) is 2.39. The molecule has 0 radical (unpaired) electrons. The fourth-order valence-electron chi connectivity index (χ4n) is 4.20. The van der Waals surface area contributed by atoms with E-state index in [0.29, 0.717) is 25.1 Å². The van der Waals surface area contributed by atoms with E-state index in [2.05, 4.69) is 15.5 Å². The minimum absolute atomic E-state index is 0.184. The molecule has 156 valence electrons. The normalized spacial score (nSPS) is 18.3. The average Bonchev–Trinajstić information content (AvgIpc) is 3.36. The van der Waals surface area contributed by atoms with E-state index in [1.807, 2.05) is 49.4 Å². The zero-order valence-corrected chi connectivity index (χ0v) is 17.0. The van der Waals surface area contributed by atoms with Gasteiger partial charge < -0.3 is 4.90 Å². The van der Waals surface area contributed by atoms with E-state index >= 15 is 0 Å². The second kappa shape index (κ2) is 7.46. The van der Waals surface area contributed by atoms with Crippen molar-refractivity contribution in [1.82, 2.24) is 25.2 Å². The Morgan fingerprint density at radius 3 is 2.45 bits per heavy atom. The number of nitrogens with one attached hydrogen (secondary N) is 1. The van der Waals surface area contributed by atoms with Crippen LogP contribution >= 0.6 is 0 Å². The summed E-state index contributed by atoms with van der Waals surface area (Å²) in [6.45, 7) is 2.96. The minimum Gasteiger partial charge on any atom is -0.322 e. The highest BCUT2D eigenvalue weighted by Gasteiger charge is 2.39. The Balaban J connectivity index is 1.50. The Bertz CT molecular complexity index is 1200. The summed E-state index contributed by atoms with van der Waals surface area (Å²) >= 11 is 0. The monoisotopic (exact) mass is 415 g/mol. The summed E-state index contributed by atoms with van der Waals surface area (Å²) in [5.41, 5.74) is 4.81. The van der Waals surface area contributed by atoms with Crippen LogP contribution in [0.2, 0.25) is 0 Å². The maximum Gasteiger partial charge on any atom is 0.255 e. The van der Waals surface area contributed by atoms with E-state index in [-0.39, 0.29) is 18.2 Å². The molecule has 0 aliphatic carbocycles. The number of nitrogens with zero attached hydrogens (tertiary/aromatic N) is 4. The van der Waals surface area contributed by atoms with E-state index in [4.69, 9.17) is 0 Å². The standard InChI is InChI=1S/C23H21N5O3/c1-2-28-25-20(14-6-4-3-5-7-14)21(26-28)15-8-9-17-16(12-15)13-27(23(17)31)18-10-11-19(29)24-22(18)30/h3-9,12,18H,2,10-11,13H2,1H3,(H,24,29,30). The van der Waals surface area contributed by atoms with Crippen LogP contribution in [0.25, 0.3) is 22.5 Å². The Morgan fingerprint density at radius 2 is 1.74 bits per heavy atom. The number of piperidine rings is 1. The molecule has 1 unspecified atom stereocenters. The van der Waals surface area contributed by atoms with Gasteiger partial charge in [0.15, 0.2) is 0 Å². The summed E-state index contributed by atoms with van der Waals surface area (Å²) < 4.78 is 0.